The smallest absolute Gasteiger partial charge is 0.335 e. The van der Waals surface area contributed by atoms with Gasteiger partial charge in [-0.1, -0.05) is 24.3 Å². The molecule has 1 heterocycles. The molecule has 2 aromatic rings. The maximum atomic E-state index is 14.0. The Morgan fingerprint density at radius 2 is 1.74 bits per heavy atom. The molecule has 0 fully saturated rings. The first-order valence-electron chi connectivity index (χ1n) is 6.00. The summed E-state index contributed by atoms with van der Waals surface area (Å²) in [4.78, 5) is 12.7. The fourth-order valence-corrected chi connectivity index (χ4v) is 2.40. The van der Waals surface area contributed by atoms with Gasteiger partial charge in [-0.3, -0.25) is 0 Å². The molecule has 19 heavy (non-hydrogen) atoms. The second-order valence-corrected chi connectivity index (χ2v) is 4.60. The zero-order valence-electron chi connectivity index (χ0n) is 10.1. The second kappa shape index (κ2) is 4.39. The summed E-state index contributed by atoms with van der Waals surface area (Å²) < 4.78 is 14.0. The number of hydrogen-bond acceptors (Lipinski definition) is 2. The molecule has 1 aliphatic rings. The highest BCUT2D eigenvalue weighted by Gasteiger charge is 2.21. The highest BCUT2D eigenvalue weighted by atomic mass is 19.1. The van der Waals surface area contributed by atoms with E-state index >= 15 is 0 Å². The largest absolute Gasteiger partial charge is 0.478 e. The van der Waals surface area contributed by atoms with Crippen LogP contribution in [0.5, 0.6) is 0 Å². The van der Waals surface area contributed by atoms with Crippen LogP contribution in [0.4, 0.5) is 10.1 Å². The minimum absolute atomic E-state index is 0.0297. The topological polar surface area (TPSA) is 40.5 Å². The lowest BCUT2D eigenvalue weighted by Gasteiger charge is -2.18. The first-order valence-corrected chi connectivity index (χ1v) is 6.00. The van der Waals surface area contributed by atoms with Crippen molar-refractivity contribution in [1.82, 2.24) is 0 Å². The van der Waals surface area contributed by atoms with Gasteiger partial charge in [-0.05, 0) is 29.3 Å². The zero-order chi connectivity index (χ0) is 13.4. The van der Waals surface area contributed by atoms with Crippen LogP contribution in [0.15, 0.2) is 42.5 Å². The van der Waals surface area contributed by atoms with E-state index in [-0.39, 0.29) is 5.56 Å². The third-order valence-corrected chi connectivity index (χ3v) is 3.38. The fourth-order valence-electron chi connectivity index (χ4n) is 2.40. The molecule has 0 bridgehead atoms. The predicted octanol–water partition coefficient (Wildman–Crippen LogP) is 3.04. The SMILES string of the molecule is O=C(O)c1ccc(N2Cc3ccccc3C2)c(F)c1. The van der Waals surface area contributed by atoms with Crippen molar-refractivity contribution in [3.63, 3.8) is 0 Å². The molecule has 4 heteroatoms. The van der Waals surface area contributed by atoms with Crippen molar-refractivity contribution in [1.29, 1.82) is 0 Å². The van der Waals surface area contributed by atoms with Gasteiger partial charge in [-0.15, -0.1) is 0 Å². The Hall–Kier alpha value is -2.36. The number of carboxylic acids is 1. The van der Waals surface area contributed by atoms with Crippen LogP contribution >= 0.6 is 0 Å². The van der Waals surface area contributed by atoms with Crippen LogP contribution in [0.2, 0.25) is 0 Å². The molecule has 0 saturated heterocycles. The summed E-state index contributed by atoms with van der Waals surface area (Å²) in [5.74, 6) is -1.61. The number of carbonyl (C=O) groups is 1. The number of nitrogens with zero attached hydrogens (tertiary/aromatic N) is 1. The van der Waals surface area contributed by atoms with Gasteiger partial charge in [0.2, 0.25) is 0 Å². The quantitative estimate of drug-likeness (QED) is 0.899. The molecule has 0 atom stereocenters. The number of anilines is 1. The van der Waals surface area contributed by atoms with Crippen molar-refractivity contribution in [3.8, 4) is 0 Å². The van der Waals surface area contributed by atoms with E-state index in [1.54, 1.807) is 0 Å². The van der Waals surface area contributed by atoms with E-state index in [0.717, 1.165) is 6.07 Å². The van der Waals surface area contributed by atoms with Crippen molar-refractivity contribution in [2.45, 2.75) is 13.1 Å². The van der Waals surface area contributed by atoms with Gasteiger partial charge in [0.05, 0.1) is 11.3 Å². The lowest BCUT2D eigenvalue weighted by Crippen LogP contribution is -2.16. The summed E-state index contributed by atoms with van der Waals surface area (Å²) in [5, 5.41) is 8.83. The highest BCUT2D eigenvalue weighted by Crippen LogP contribution is 2.30. The Bertz CT molecular complexity index is 629. The van der Waals surface area contributed by atoms with Gasteiger partial charge in [0.1, 0.15) is 5.82 Å². The zero-order valence-corrected chi connectivity index (χ0v) is 10.1. The van der Waals surface area contributed by atoms with Gasteiger partial charge >= 0.3 is 5.97 Å². The molecule has 96 valence electrons. The molecule has 0 amide bonds. The monoisotopic (exact) mass is 257 g/mol. The third-order valence-electron chi connectivity index (χ3n) is 3.38. The molecule has 0 aliphatic carbocycles. The van der Waals surface area contributed by atoms with E-state index in [1.807, 2.05) is 29.2 Å². The molecule has 1 aliphatic heterocycles. The van der Waals surface area contributed by atoms with Gasteiger partial charge in [-0.25, -0.2) is 9.18 Å². The lowest BCUT2D eigenvalue weighted by molar-refractivity contribution is 0.0696. The van der Waals surface area contributed by atoms with Crippen LogP contribution in [0.3, 0.4) is 0 Å². The molecule has 3 rings (SSSR count). The second-order valence-electron chi connectivity index (χ2n) is 4.60. The minimum Gasteiger partial charge on any atom is -0.478 e. The van der Waals surface area contributed by atoms with Crippen molar-refractivity contribution in [3.05, 3.63) is 65.0 Å². The van der Waals surface area contributed by atoms with E-state index in [0.29, 0.717) is 18.8 Å². The number of benzene rings is 2. The maximum absolute atomic E-state index is 14.0. The molecule has 0 saturated carbocycles. The van der Waals surface area contributed by atoms with Gasteiger partial charge in [-0.2, -0.15) is 0 Å². The van der Waals surface area contributed by atoms with Crippen molar-refractivity contribution in [2.75, 3.05) is 4.90 Å². The van der Waals surface area contributed by atoms with Crippen LogP contribution in [-0.2, 0) is 13.1 Å². The summed E-state index contributed by atoms with van der Waals surface area (Å²) in [6, 6.07) is 12.0. The fraction of sp³-hybridized carbons (Fsp3) is 0.133. The van der Waals surface area contributed by atoms with E-state index < -0.39 is 11.8 Å². The summed E-state index contributed by atoms with van der Waals surface area (Å²) in [5.41, 5.74) is 2.78. The van der Waals surface area contributed by atoms with Crippen LogP contribution in [0, 0.1) is 5.82 Å². The van der Waals surface area contributed by atoms with Crippen molar-refractivity contribution in [2.24, 2.45) is 0 Å². The number of carboxylic acid groups (broad SMARTS) is 1. The molecule has 3 nitrogen and oxygen atoms in total. The Labute approximate surface area is 109 Å². The number of fused-ring (bicyclic) bond motifs is 1. The number of hydrogen-bond donors (Lipinski definition) is 1. The number of rotatable bonds is 2. The molecular weight excluding hydrogens is 245 g/mol. The average Bonchev–Trinajstić information content (AvgIpc) is 2.81. The van der Waals surface area contributed by atoms with Gasteiger partial charge in [0.15, 0.2) is 0 Å². The predicted molar refractivity (Wildman–Crippen MR) is 69.7 cm³/mol. The Kier molecular flexibility index (Phi) is 2.71. The minimum atomic E-state index is -1.12. The molecule has 0 radical (unpaired) electrons. The lowest BCUT2D eigenvalue weighted by atomic mass is 10.1. The molecule has 1 N–H and O–H groups in total. The summed E-state index contributed by atoms with van der Waals surface area (Å²) in [6.07, 6.45) is 0. The standard InChI is InChI=1S/C15H12FNO2/c16-13-7-10(15(18)19)5-6-14(13)17-8-11-3-1-2-4-12(11)9-17/h1-7H,8-9H2,(H,18,19). The van der Waals surface area contributed by atoms with E-state index in [9.17, 15) is 9.18 Å². The van der Waals surface area contributed by atoms with E-state index in [2.05, 4.69) is 0 Å². The first-order chi connectivity index (χ1) is 9.15. The van der Waals surface area contributed by atoms with Crippen molar-refractivity contribution >= 4 is 11.7 Å². The number of aromatic carboxylic acids is 1. The summed E-state index contributed by atoms with van der Waals surface area (Å²) >= 11 is 0. The van der Waals surface area contributed by atoms with Crippen LogP contribution in [0.25, 0.3) is 0 Å². The molecule has 0 spiro atoms. The third kappa shape index (κ3) is 2.05. The normalized spacial score (nSPS) is 13.4. The molecule has 0 aromatic heterocycles. The highest BCUT2D eigenvalue weighted by molar-refractivity contribution is 5.88. The van der Waals surface area contributed by atoms with E-state index in [1.165, 1.54) is 23.3 Å². The molecule has 2 aromatic carbocycles. The summed E-state index contributed by atoms with van der Waals surface area (Å²) in [7, 11) is 0. The van der Waals surface area contributed by atoms with Gasteiger partial charge in [0.25, 0.3) is 0 Å². The maximum Gasteiger partial charge on any atom is 0.335 e. The molecular formula is C15H12FNO2. The van der Waals surface area contributed by atoms with Crippen LogP contribution in [0.1, 0.15) is 21.5 Å². The van der Waals surface area contributed by atoms with E-state index in [4.69, 9.17) is 5.11 Å². The Balaban J connectivity index is 1.91. The van der Waals surface area contributed by atoms with Crippen LogP contribution < -0.4 is 4.90 Å². The molecule has 0 unspecified atom stereocenters. The van der Waals surface area contributed by atoms with Gasteiger partial charge in [0, 0.05) is 13.1 Å². The van der Waals surface area contributed by atoms with Gasteiger partial charge < -0.3 is 10.0 Å². The van der Waals surface area contributed by atoms with Crippen LogP contribution in [-0.4, -0.2) is 11.1 Å². The first kappa shape index (κ1) is 11.7. The number of halogens is 1. The summed E-state index contributed by atoms with van der Waals surface area (Å²) in [6.45, 7) is 1.30. The van der Waals surface area contributed by atoms with Crippen molar-refractivity contribution < 1.29 is 14.3 Å². The Morgan fingerprint density at radius 3 is 2.26 bits per heavy atom. The Morgan fingerprint density at radius 1 is 1.11 bits per heavy atom. The average molecular weight is 257 g/mol.